The molecule has 322 valence electrons. The number of carbonyl (C=O) groups is 6. The maximum atomic E-state index is 12.7. The molecule has 0 heterocycles. The van der Waals surface area contributed by atoms with Gasteiger partial charge < -0.3 is 37.9 Å². The van der Waals surface area contributed by atoms with Crippen LogP contribution in [0.25, 0.3) is 0 Å². The molecule has 14 heteroatoms. The van der Waals surface area contributed by atoms with E-state index in [1.807, 2.05) is 0 Å². The number of ether oxygens (including phenoxy) is 8. The summed E-state index contributed by atoms with van der Waals surface area (Å²) in [6.07, 6.45) is 7.76. The van der Waals surface area contributed by atoms with E-state index in [1.54, 1.807) is 62.4 Å². The van der Waals surface area contributed by atoms with E-state index in [9.17, 15) is 28.8 Å². The molecular weight excluding hydrogens is 801 g/mol. The lowest BCUT2D eigenvalue weighted by Crippen LogP contribution is -2.09. The monoisotopic (exact) mass is 846 g/mol. The highest BCUT2D eigenvalue weighted by Crippen LogP contribution is 2.20. The van der Waals surface area contributed by atoms with Gasteiger partial charge in [0.05, 0.1) is 48.7 Å². The summed E-state index contributed by atoms with van der Waals surface area (Å²) in [5, 5.41) is 0. The summed E-state index contributed by atoms with van der Waals surface area (Å²) in [5.41, 5.74) is 1.01. The minimum atomic E-state index is -0.658. The van der Waals surface area contributed by atoms with Crippen LogP contribution in [-0.2, 0) is 28.5 Å². The topological polar surface area (TPSA) is 176 Å². The molecule has 0 aromatic heterocycles. The van der Waals surface area contributed by atoms with Crippen LogP contribution in [0.4, 0.5) is 0 Å². The smallest absolute Gasteiger partial charge is 0.343 e. The standard InChI is InChI=1S/C48H46O14/c1-5-43(49)57-31-9-7-29-55-39-21-13-37(14-22-39)47(53)61-41-25-17-35(18-26-41)45(51)59-33(3)11-12-34(4)60-46(52)36-19-27-42(28-20-36)62-48(54)38-15-23-40(24-16-38)56-30-8-10-32-58-44(50)6-2/h5-6,11-28H,1-2,7-10,29-32H2,3-4H3/b33-11+,34-12+. The van der Waals surface area contributed by atoms with Crippen LogP contribution in [0.3, 0.4) is 0 Å². The van der Waals surface area contributed by atoms with Crippen molar-refractivity contribution in [3.05, 3.63) is 168 Å². The molecule has 0 N–H and O–H groups in total. The van der Waals surface area contributed by atoms with Crippen LogP contribution in [0.15, 0.2) is 146 Å². The first kappa shape index (κ1) is 46.9. The van der Waals surface area contributed by atoms with E-state index < -0.39 is 35.8 Å². The lowest BCUT2D eigenvalue weighted by atomic mass is 10.2. The fourth-order valence-corrected chi connectivity index (χ4v) is 4.99. The van der Waals surface area contributed by atoms with Crippen molar-refractivity contribution >= 4 is 35.8 Å². The zero-order chi connectivity index (χ0) is 44.7. The molecule has 62 heavy (non-hydrogen) atoms. The number of hydrogen-bond donors (Lipinski definition) is 0. The summed E-state index contributed by atoms with van der Waals surface area (Å²) in [6, 6.07) is 24.5. The minimum Gasteiger partial charge on any atom is -0.494 e. The zero-order valence-electron chi connectivity index (χ0n) is 34.3. The molecule has 0 atom stereocenters. The van der Waals surface area contributed by atoms with Crippen molar-refractivity contribution in [2.24, 2.45) is 0 Å². The van der Waals surface area contributed by atoms with Gasteiger partial charge in [0.2, 0.25) is 0 Å². The Morgan fingerprint density at radius 2 is 0.710 bits per heavy atom. The van der Waals surface area contributed by atoms with Crippen molar-refractivity contribution in [2.75, 3.05) is 26.4 Å². The molecule has 0 radical (unpaired) electrons. The van der Waals surface area contributed by atoms with Crippen LogP contribution < -0.4 is 18.9 Å². The van der Waals surface area contributed by atoms with E-state index in [4.69, 9.17) is 37.9 Å². The molecule has 4 aromatic rings. The van der Waals surface area contributed by atoms with Crippen LogP contribution in [0.5, 0.6) is 23.0 Å². The van der Waals surface area contributed by atoms with Crippen LogP contribution in [0.2, 0.25) is 0 Å². The zero-order valence-corrected chi connectivity index (χ0v) is 34.3. The van der Waals surface area contributed by atoms with Crippen LogP contribution >= 0.6 is 0 Å². The normalized spacial score (nSPS) is 11.0. The quantitative estimate of drug-likeness (QED) is 0.0132. The molecule has 0 bridgehead atoms. The number of carbonyl (C=O) groups excluding carboxylic acids is 6. The lowest BCUT2D eigenvalue weighted by Gasteiger charge is -2.09. The summed E-state index contributed by atoms with van der Waals surface area (Å²) in [6.45, 7) is 11.2. The SMILES string of the molecule is C=CC(=O)OCCCCOc1ccc(C(=O)Oc2ccc(C(=O)O/C(C)=C/C=C(\C)OC(=O)c3ccc(OC(=O)c4ccc(OCCCCOC(=O)C=C)cc4)cc3)cc2)cc1. The highest BCUT2D eigenvalue weighted by molar-refractivity contribution is 5.93. The van der Waals surface area contributed by atoms with Crippen molar-refractivity contribution in [1.82, 2.24) is 0 Å². The fourth-order valence-electron chi connectivity index (χ4n) is 4.99. The Kier molecular flexibility index (Phi) is 18.9. The van der Waals surface area contributed by atoms with Crippen molar-refractivity contribution in [3.63, 3.8) is 0 Å². The second kappa shape index (κ2) is 25.0. The number of unbranched alkanes of at least 4 members (excludes halogenated alkanes) is 2. The Bertz CT molecular complexity index is 2070. The van der Waals surface area contributed by atoms with E-state index in [1.165, 1.54) is 60.7 Å². The third-order valence-electron chi connectivity index (χ3n) is 8.28. The summed E-state index contributed by atoms with van der Waals surface area (Å²) < 4.78 is 42.8. The largest absolute Gasteiger partial charge is 0.494 e. The molecule has 0 aliphatic carbocycles. The van der Waals surface area contributed by atoms with Gasteiger partial charge >= 0.3 is 35.8 Å². The molecule has 0 saturated carbocycles. The van der Waals surface area contributed by atoms with Crippen LogP contribution in [0, 0.1) is 0 Å². The molecule has 0 aliphatic rings. The first-order chi connectivity index (χ1) is 29.9. The van der Waals surface area contributed by atoms with Gasteiger partial charge in [-0.2, -0.15) is 0 Å². The third-order valence-corrected chi connectivity index (χ3v) is 8.28. The van der Waals surface area contributed by atoms with Gasteiger partial charge in [-0.3, -0.25) is 0 Å². The Hall–Kier alpha value is -7.74. The average Bonchev–Trinajstić information content (AvgIpc) is 3.28. The van der Waals surface area contributed by atoms with E-state index in [0.29, 0.717) is 61.5 Å². The van der Waals surface area contributed by atoms with Crippen molar-refractivity contribution in [2.45, 2.75) is 39.5 Å². The summed E-state index contributed by atoms with van der Waals surface area (Å²) in [5.74, 6) is -1.44. The molecule has 0 amide bonds. The third kappa shape index (κ3) is 16.5. The van der Waals surface area contributed by atoms with E-state index >= 15 is 0 Å². The predicted octanol–water partition coefficient (Wildman–Crippen LogP) is 8.72. The van der Waals surface area contributed by atoms with Gasteiger partial charge in [0.25, 0.3) is 0 Å². The number of hydrogen-bond acceptors (Lipinski definition) is 14. The molecule has 0 unspecified atom stereocenters. The molecule has 14 nitrogen and oxygen atoms in total. The number of rotatable bonds is 23. The maximum absolute atomic E-state index is 12.7. The first-order valence-electron chi connectivity index (χ1n) is 19.4. The second-order valence-corrected chi connectivity index (χ2v) is 13.1. The maximum Gasteiger partial charge on any atom is 0.343 e. The molecule has 4 aromatic carbocycles. The average molecular weight is 847 g/mol. The molecule has 0 spiro atoms. The van der Waals surface area contributed by atoms with Crippen LogP contribution in [-0.4, -0.2) is 62.2 Å². The van der Waals surface area contributed by atoms with E-state index in [-0.39, 0.29) is 47.4 Å². The molecular formula is C48H46O14. The number of benzene rings is 4. The fraction of sp³-hybridized carbons (Fsp3) is 0.208. The number of esters is 6. The molecule has 0 fully saturated rings. The van der Waals surface area contributed by atoms with E-state index in [0.717, 1.165) is 12.2 Å². The van der Waals surface area contributed by atoms with Gasteiger partial charge in [-0.05, 0) is 149 Å². The van der Waals surface area contributed by atoms with Gasteiger partial charge in [-0.1, -0.05) is 13.2 Å². The van der Waals surface area contributed by atoms with Crippen molar-refractivity contribution in [1.29, 1.82) is 0 Å². The summed E-state index contributed by atoms with van der Waals surface area (Å²) >= 11 is 0. The second-order valence-electron chi connectivity index (χ2n) is 13.1. The Morgan fingerprint density at radius 1 is 0.419 bits per heavy atom. The highest BCUT2D eigenvalue weighted by atomic mass is 16.6. The molecule has 0 saturated heterocycles. The van der Waals surface area contributed by atoms with Gasteiger partial charge in [0.1, 0.15) is 34.5 Å². The van der Waals surface area contributed by atoms with Crippen molar-refractivity contribution < 1.29 is 66.7 Å². The Morgan fingerprint density at radius 3 is 1.03 bits per heavy atom. The van der Waals surface area contributed by atoms with Gasteiger partial charge in [0.15, 0.2) is 0 Å². The lowest BCUT2D eigenvalue weighted by molar-refractivity contribution is -0.138. The summed E-state index contributed by atoms with van der Waals surface area (Å²) in [4.78, 5) is 72.9. The molecule has 4 rings (SSSR count). The first-order valence-corrected chi connectivity index (χ1v) is 19.4. The summed E-state index contributed by atoms with van der Waals surface area (Å²) in [7, 11) is 0. The minimum absolute atomic E-state index is 0.206. The van der Waals surface area contributed by atoms with Gasteiger partial charge in [0, 0.05) is 12.2 Å². The number of allylic oxidation sites excluding steroid dienone is 4. The highest BCUT2D eigenvalue weighted by Gasteiger charge is 2.14. The predicted molar refractivity (Wildman–Crippen MR) is 226 cm³/mol. The molecule has 0 aliphatic heterocycles. The Labute approximate surface area is 358 Å². The van der Waals surface area contributed by atoms with Crippen LogP contribution in [0.1, 0.15) is 81.0 Å². The Balaban J connectivity index is 1.16. The van der Waals surface area contributed by atoms with Crippen molar-refractivity contribution in [3.8, 4) is 23.0 Å². The van der Waals surface area contributed by atoms with Gasteiger partial charge in [-0.25, -0.2) is 28.8 Å². The van der Waals surface area contributed by atoms with Gasteiger partial charge in [-0.15, -0.1) is 0 Å². The van der Waals surface area contributed by atoms with E-state index in [2.05, 4.69) is 13.2 Å².